The Balaban J connectivity index is 1.90. The molecule has 6 heteroatoms. The van der Waals surface area contributed by atoms with E-state index in [0.717, 1.165) is 5.56 Å². The third-order valence-electron chi connectivity index (χ3n) is 3.53. The number of pyridine rings is 1. The molecule has 0 aliphatic heterocycles. The summed E-state index contributed by atoms with van der Waals surface area (Å²) in [5.74, 6) is 1.27. The van der Waals surface area contributed by atoms with Gasteiger partial charge in [0, 0.05) is 18.5 Å². The maximum absolute atomic E-state index is 12.3. The van der Waals surface area contributed by atoms with E-state index in [0.29, 0.717) is 17.2 Å². The smallest absolute Gasteiger partial charge is 0.232 e. The first-order valence-electron chi connectivity index (χ1n) is 7.72. The van der Waals surface area contributed by atoms with Crippen molar-refractivity contribution in [3.05, 3.63) is 84.7 Å². The minimum absolute atomic E-state index is 0.210. The molecule has 0 N–H and O–H groups in total. The van der Waals surface area contributed by atoms with E-state index in [1.165, 1.54) is 10.6 Å². The van der Waals surface area contributed by atoms with Crippen LogP contribution in [0, 0.1) is 0 Å². The largest absolute Gasteiger partial charge is 0.457 e. The van der Waals surface area contributed by atoms with Crippen LogP contribution >= 0.6 is 0 Å². The van der Waals surface area contributed by atoms with Crippen LogP contribution in [0.25, 0.3) is 0 Å². The van der Waals surface area contributed by atoms with Crippen molar-refractivity contribution in [2.75, 3.05) is 10.6 Å². The van der Waals surface area contributed by atoms with Gasteiger partial charge < -0.3 is 4.74 Å². The molecule has 0 atom stereocenters. The Hall–Kier alpha value is -2.86. The minimum Gasteiger partial charge on any atom is -0.457 e. The number of nitrogens with zero attached hydrogens (tertiary/aromatic N) is 2. The molecule has 0 amide bonds. The van der Waals surface area contributed by atoms with Crippen molar-refractivity contribution >= 4 is 15.7 Å². The summed E-state index contributed by atoms with van der Waals surface area (Å²) < 4.78 is 31.7. The van der Waals surface area contributed by atoms with Crippen LogP contribution in [0.5, 0.6) is 11.5 Å². The summed E-state index contributed by atoms with van der Waals surface area (Å²) in [5, 5.41) is 0. The van der Waals surface area contributed by atoms with E-state index >= 15 is 0 Å². The predicted molar refractivity (Wildman–Crippen MR) is 98.2 cm³/mol. The molecule has 3 rings (SSSR count). The Morgan fingerprint density at radius 2 is 1.72 bits per heavy atom. The summed E-state index contributed by atoms with van der Waals surface area (Å²) in [4.78, 5) is 4.04. The molecule has 0 unspecified atom stereocenters. The molecule has 128 valence electrons. The first-order chi connectivity index (χ1) is 12.0. The maximum Gasteiger partial charge on any atom is 0.232 e. The van der Waals surface area contributed by atoms with Gasteiger partial charge in [-0.3, -0.25) is 9.29 Å². The van der Waals surface area contributed by atoms with E-state index in [-0.39, 0.29) is 6.54 Å². The van der Waals surface area contributed by atoms with Crippen molar-refractivity contribution in [3.63, 3.8) is 0 Å². The van der Waals surface area contributed by atoms with Crippen molar-refractivity contribution in [3.8, 4) is 11.5 Å². The first-order valence-corrected chi connectivity index (χ1v) is 9.57. The van der Waals surface area contributed by atoms with E-state index in [1.807, 2.05) is 36.4 Å². The molecule has 3 aromatic rings. The van der Waals surface area contributed by atoms with Gasteiger partial charge in [-0.15, -0.1) is 0 Å². The van der Waals surface area contributed by atoms with Crippen molar-refractivity contribution in [1.82, 2.24) is 4.98 Å². The molecule has 5 nitrogen and oxygen atoms in total. The molecule has 0 saturated heterocycles. The van der Waals surface area contributed by atoms with Crippen molar-refractivity contribution in [2.24, 2.45) is 0 Å². The Labute approximate surface area is 147 Å². The fourth-order valence-corrected chi connectivity index (χ4v) is 3.26. The maximum atomic E-state index is 12.3. The van der Waals surface area contributed by atoms with Crippen LogP contribution in [-0.2, 0) is 16.6 Å². The predicted octanol–water partition coefficient (Wildman–Crippen LogP) is 3.84. The zero-order chi connectivity index (χ0) is 17.7. The molecule has 25 heavy (non-hydrogen) atoms. The van der Waals surface area contributed by atoms with Gasteiger partial charge in [0.25, 0.3) is 0 Å². The lowest BCUT2D eigenvalue weighted by Gasteiger charge is -2.23. The van der Waals surface area contributed by atoms with Gasteiger partial charge in [-0.1, -0.05) is 30.3 Å². The molecule has 0 aliphatic rings. The van der Waals surface area contributed by atoms with E-state index in [9.17, 15) is 8.42 Å². The normalized spacial score (nSPS) is 11.1. The van der Waals surface area contributed by atoms with E-state index in [1.54, 1.807) is 42.7 Å². The SMILES string of the molecule is CS(=O)(=O)N(Cc1cccnc1)c1cccc(Oc2ccccc2)c1. The molecule has 0 fully saturated rings. The molecule has 0 spiro atoms. The highest BCUT2D eigenvalue weighted by Crippen LogP contribution is 2.28. The third kappa shape index (κ3) is 4.58. The molecular weight excluding hydrogens is 336 g/mol. The third-order valence-corrected chi connectivity index (χ3v) is 4.67. The fraction of sp³-hybridized carbons (Fsp3) is 0.105. The van der Waals surface area contributed by atoms with Crippen LogP contribution < -0.4 is 9.04 Å². The van der Waals surface area contributed by atoms with Gasteiger partial charge in [0.05, 0.1) is 18.5 Å². The second-order valence-electron chi connectivity index (χ2n) is 5.54. The zero-order valence-electron chi connectivity index (χ0n) is 13.7. The van der Waals surface area contributed by atoms with E-state index < -0.39 is 10.0 Å². The van der Waals surface area contributed by atoms with Crippen LogP contribution in [-0.4, -0.2) is 19.7 Å². The van der Waals surface area contributed by atoms with Crippen molar-refractivity contribution < 1.29 is 13.2 Å². The quantitative estimate of drug-likeness (QED) is 0.675. The number of hydrogen-bond acceptors (Lipinski definition) is 4. The molecule has 0 bridgehead atoms. The summed E-state index contributed by atoms with van der Waals surface area (Å²) in [6.45, 7) is 0.210. The summed E-state index contributed by atoms with van der Waals surface area (Å²) in [6, 6.07) is 20.0. The van der Waals surface area contributed by atoms with Gasteiger partial charge in [-0.2, -0.15) is 0 Å². The number of para-hydroxylation sites is 1. The number of benzene rings is 2. The molecule has 1 heterocycles. The summed E-state index contributed by atoms with van der Waals surface area (Å²) in [7, 11) is -3.46. The van der Waals surface area contributed by atoms with Crippen LogP contribution in [0.2, 0.25) is 0 Å². The lowest BCUT2D eigenvalue weighted by atomic mass is 10.2. The number of anilines is 1. The number of sulfonamides is 1. The Morgan fingerprint density at radius 1 is 0.960 bits per heavy atom. The standard InChI is InChI=1S/C19H18N2O3S/c1-25(22,23)21(15-16-7-6-12-20-14-16)17-8-5-11-19(13-17)24-18-9-3-2-4-10-18/h2-14H,15H2,1H3. The molecular formula is C19H18N2O3S. The first kappa shape index (κ1) is 17.0. The highest BCUT2D eigenvalue weighted by molar-refractivity contribution is 7.92. The summed E-state index contributed by atoms with van der Waals surface area (Å²) in [6.07, 6.45) is 4.50. The minimum atomic E-state index is -3.46. The monoisotopic (exact) mass is 354 g/mol. The molecule has 2 aromatic carbocycles. The van der Waals surface area contributed by atoms with Crippen LogP contribution in [0.1, 0.15) is 5.56 Å². The molecule has 0 radical (unpaired) electrons. The highest BCUT2D eigenvalue weighted by atomic mass is 32.2. The van der Waals surface area contributed by atoms with E-state index in [4.69, 9.17) is 4.74 Å². The van der Waals surface area contributed by atoms with Gasteiger partial charge >= 0.3 is 0 Å². The number of aromatic nitrogens is 1. The van der Waals surface area contributed by atoms with E-state index in [2.05, 4.69) is 4.98 Å². The average Bonchev–Trinajstić information content (AvgIpc) is 2.61. The Kier molecular flexibility index (Phi) is 5.00. The Bertz CT molecular complexity index is 929. The molecule has 0 saturated carbocycles. The average molecular weight is 354 g/mol. The lowest BCUT2D eigenvalue weighted by molar-refractivity contribution is 0.483. The van der Waals surface area contributed by atoms with Crippen molar-refractivity contribution in [2.45, 2.75) is 6.54 Å². The topological polar surface area (TPSA) is 59.5 Å². The van der Waals surface area contributed by atoms with Gasteiger partial charge in [0.15, 0.2) is 0 Å². The second-order valence-corrected chi connectivity index (χ2v) is 7.45. The highest BCUT2D eigenvalue weighted by Gasteiger charge is 2.18. The lowest BCUT2D eigenvalue weighted by Crippen LogP contribution is -2.29. The van der Waals surface area contributed by atoms with Crippen LogP contribution in [0.15, 0.2) is 79.1 Å². The molecule has 0 aliphatic carbocycles. The van der Waals surface area contributed by atoms with Crippen LogP contribution in [0.4, 0.5) is 5.69 Å². The zero-order valence-corrected chi connectivity index (χ0v) is 14.6. The van der Waals surface area contributed by atoms with Gasteiger partial charge in [0.2, 0.25) is 10.0 Å². The Morgan fingerprint density at radius 3 is 2.40 bits per heavy atom. The summed E-state index contributed by atoms with van der Waals surface area (Å²) in [5.41, 5.74) is 1.35. The molecule has 1 aromatic heterocycles. The van der Waals surface area contributed by atoms with Crippen molar-refractivity contribution in [1.29, 1.82) is 0 Å². The number of rotatable bonds is 6. The van der Waals surface area contributed by atoms with Gasteiger partial charge in [-0.25, -0.2) is 8.42 Å². The summed E-state index contributed by atoms with van der Waals surface area (Å²) >= 11 is 0. The number of ether oxygens (including phenoxy) is 1. The number of hydrogen-bond donors (Lipinski definition) is 0. The second kappa shape index (κ2) is 7.36. The van der Waals surface area contributed by atoms with Gasteiger partial charge in [-0.05, 0) is 35.9 Å². The van der Waals surface area contributed by atoms with Gasteiger partial charge in [0.1, 0.15) is 11.5 Å². The fourth-order valence-electron chi connectivity index (χ4n) is 2.38. The van der Waals surface area contributed by atoms with Crippen LogP contribution in [0.3, 0.4) is 0 Å².